The molecule has 0 fully saturated rings. The van der Waals surface area contributed by atoms with Gasteiger partial charge in [-0.15, -0.1) is 0 Å². The zero-order valence-electron chi connectivity index (χ0n) is 9.51. The Hall–Kier alpha value is -2.50. The fourth-order valence-corrected chi connectivity index (χ4v) is 1.61. The predicted octanol–water partition coefficient (Wildman–Crippen LogP) is 2.57. The molecule has 0 unspecified atom stereocenters. The van der Waals surface area contributed by atoms with Gasteiger partial charge in [0.05, 0.1) is 5.69 Å². The Balaban J connectivity index is 1.96. The van der Waals surface area contributed by atoms with Crippen LogP contribution in [0.4, 0.5) is 4.39 Å². The number of aromatic amines is 1. The van der Waals surface area contributed by atoms with E-state index in [1.165, 1.54) is 12.1 Å². The van der Waals surface area contributed by atoms with Gasteiger partial charge in [0.25, 0.3) is 5.89 Å². The van der Waals surface area contributed by atoms with Crippen LogP contribution in [0, 0.1) is 12.7 Å². The summed E-state index contributed by atoms with van der Waals surface area (Å²) in [6.07, 6.45) is 0. The highest BCUT2D eigenvalue weighted by Crippen LogP contribution is 2.22. The van der Waals surface area contributed by atoms with Crippen LogP contribution in [-0.2, 0) is 0 Å². The van der Waals surface area contributed by atoms with Gasteiger partial charge in [-0.2, -0.15) is 10.1 Å². The molecule has 2 aromatic heterocycles. The van der Waals surface area contributed by atoms with E-state index < -0.39 is 0 Å². The molecule has 0 amide bonds. The molecule has 0 radical (unpaired) electrons. The fraction of sp³-hybridized carbons (Fsp3) is 0.0833. The SMILES string of the molecule is Cc1noc(-c2cc(-c3ccc(F)cc3)n[nH]2)n1. The third kappa shape index (κ3) is 1.88. The molecule has 0 aliphatic heterocycles. The van der Waals surface area contributed by atoms with E-state index in [1.54, 1.807) is 25.1 Å². The molecule has 0 spiro atoms. The molecule has 0 aliphatic rings. The maximum Gasteiger partial charge on any atom is 0.275 e. The summed E-state index contributed by atoms with van der Waals surface area (Å²) < 4.78 is 17.8. The highest BCUT2D eigenvalue weighted by Gasteiger charge is 2.11. The normalized spacial score (nSPS) is 10.8. The monoisotopic (exact) mass is 244 g/mol. The van der Waals surface area contributed by atoms with Gasteiger partial charge in [-0.05, 0) is 37.3 Å². The number of halogens is 1. The summed E-state index contributed by atoms with van der Waals surface area (Å²) in [5, 5.41) is 10.6. The molecule has 90 valence electrons. The van der Waals surface area contributed by atoms with Crippen molar-refractivity contribution >= 4 is 0 Å². The zero-order valence-corrected chi connectivity index (χ0v) is 9.51. The number of benzene rings is 1. The average molecular weight is 244 g/mol. The van der Waals surface area contributed by atoms with Crippen molar-refractivity contribution in [1.29, 1.82) is 0 Å². The smallest absolute Gasteiger partial charge is 0.275 e. The highest BCUT2D eigenvalue weighted by molar-refractivity contribution is 5.64. The summed E-state index contributed by atoms with van der Waals surface area (Å²) in [5.41, 5.74) is 2.14. The lowest BCUT2D eigenvalue weighted by Crippen LogP contribution is -1.78. The van der Waals surface area contributed by atoms with Crippen LogP contribution in [0.15, 0.2) is 34.9 Å². The van der Waals surface area contributed by atoms with Crippen molar-refractivity contribution in [3.63, 3.8) is 0 Å². The number of rotatable bonds is 2. The molecule has 1 aromatic carbocycles. The Bertz CT molecular complexity index is 671. The molecule has 0 aliphatic carbocycles. The van der Waals surface area contributed by atoms with Crippen LogP contribution in [0.2, 0.25) is 0 Å². The average Bonchev–Trinajstić information content (AvgIpc) is 2.98. The first kappa shape index (κ1) is 10.6. The predicted molar refractivity (Wildman–Crippen MR) is 62.0 cm³/mol. The molecular formula is C12H9FN4O. The van der Waals surface area contributed by atoms with Gasteiger partial charge in [0.1, 0.15) is 11.5 Å². The Morgan fingerprint density at radius 2 is 2.00 bits per heavy atom. The lowest BCUT2D eigenvalue weighted by atomic mass is 10.1. The van der Waals surface area contributed by atoms with E-state index in [4.69, 9.17) is 4.52 Å². The topological polar surface area (TPSA) is 67.6 Å². The van der Waals surface area contributed by atoms with E-state index in [2.05, 4.69) is 20.3 Å². The molecule has 1 N–H and O–H groups in total. The first-order valence-electron chi connectivity index (χ1n) is 5.34. The van der Waals surface area contributed by atoms with Crippen molar-refractivity contribution in [2.75, 3.05) is 0 Å². The largest absolute Gasteiger partial charge is 0.332 e. The molecule has 18 heavy (non-hydrogen) atoms. The van der Waals surface area contributed by atoms with Gasteiger partial charge < -0.3 is 4.52 Å². The van der Waals surface area contributed by atoms with Gasteiger partial charge in [0.15, 0.2) is 5.82 Å². The highest BCUT2D eigenvalue weighted by atomic mass is 19.1. The van der Waals surface area contributed by atoms with Crippen molar-refractivity contribution in [3.8, 4) is 22.8 Å². The number of H-pyrrole nitrogens is 1. The Morgan fingerprint density at radius 3 is 2.67 bits per heavy atom. The second-order valence-corrected chi connectivity index (χ2v) is 3.82. The van der Waals surface area contributed by atoms with Crippen LogP contribution in [0.1, 0.15) is 5.82 Å². The first-order chi connectivity index (χ1) is 8.72. The Kier molecular flexibility index (Phi) is 2.40. The second kappa shape index (κ2) is 4.06. The maximum absolute atomic E-state index is 12.8. The quantitative estimate of drug-likeness (QED) is 0.752. The summed E-state index contributed by atoms with van der Waals surface area (Å²) >= 11 is 0. The third-order valence-corrected chi connectivity index (χ3v) is 2.48. The number of aryl methyl sites for hydroxylation is 1. The fourth-order valence-electron chi connectivity index (χ4n) is 1.61. The van der Waals surface area contributed by atoms with Gasteiger partial charge in [-0.25, -0.2) is 4.39 Å². The molecule has 2 heterocycles. The number of hydrogen-bond acceptors (Lipinski definition) is 4. The van der Waals surface area contributed by atoms with E-state index in [0.717, 1.165) is 5.56 Å². The van der Waals surface area contributed by atoms with Crippen LogP contribution in [0.3, 0.4) is 0 Å². The van der Waals surface area contributed by atoms with Crippen molar-refractivity contribution in [3.05, 3.63) is 42.0 Å². The van der Waals surface area contributed by atoms with Crippen LogP contribution in [0.25, 0.3) is 22.8 Å². The first-order valence-corrected chi connectivity index (χ1v) is 5.34. The van der Waals surface area contributed by atoms with E-state index in [-0.39, 0.29) is 5.82 Å². The van der Waals surface area contributed by atoms with Crippen molar-refractivity contribution < 1.29 is 8.91 Å². The number of nitrogens with zero attached hydrogens (tertiary/aromatic N) is 3. The Morgan fingerprint density at radius 1 is 1.22 bits per heavy atom. The lowest BCUT2D eigenvalue weighted by Gasteiger charge is -1.94. The summed E-state index contributed by atoms with van der Waals surface area (Å²) in [6.45, 7) is 1.74. The number of nitrogens with one attached hydrogen (secondary N) is 1. The molecule has 5 nitrogen and oxygen atoms in total. The van der Waals surface area contributed by atoms with Crippen LogP contribution in [0.5, 0.6) is 0 Å². The number of hydrogen-bond donors (Lipinski definition) is 1. The van der Waals surface area contributed by atoms with E-state index in [9.17, 15) is 4.39 Å². The van der Waals surface area contributed by atoms with Crippen LogP contribution in [-0.4, -0.2) is 20.3 Å². The van der Waals surface area contributed by atoms with Gasteiger partial charge in [-0.3, -0.25) is 5.10 Å². The zero-order chi connectivity index (χ0) is 12.5. The molecule has 0 atom stereocenters. The van der Waals surface area contributed by atoms with E-state index >= 15 is 0 Å². The minimum absolute atomic E-state index is 0.276. The lowest BCUT2D eigenvalue weighted by molar-refractivity contribution is 0.424. The van der Waals surface area contributed by atoms with Crippen LogP contribution >= 0.6 is 0 Å². The summed E-state index contributed by atoms with van der Waals surface area (Å²) in [4.78, 5) is 4.09. The third-order valence-electron chi connectivity index (χ3n) is 2.48. The Labute approximate surface area is 102 Å². The van der Waals surface area contributed by atoms with Crippen molar-refractivity contribution in [2.24, 2.45) is 0 Å². The minimum Gasteiger partial charge on any atom is -0.332 e. The molecule has 0 saturated heterocycles. The van der Waals surface area contributed by atoms with E-state index in [0.29, 0.717) is 23.1 Å². The second-order valence-electron chi connectivity index (χ2n) is 3.82. The molecule has 3 rings (SSSR count). The van der Waals surface area contributed by atoms with Crippen molar-refractivity contribution in [2.45, 2.75) is 6.92 Å². The molecule has 6 heteroatoms. The minimum atomic E-state index is -0.276. The molecule has 3 aromatic rings. The standard InChI is InChI=1S/C12H9FN4O/c1-7-14-12(18-17-7)11-6-10(15-16-11)8-2-4-9(13)5-3-8/h2-6H,1H3,(H,15,16). The van der Waals surface area contributed by atoms with Gasteiger partial charge in [-0.1, -0.05) is 5.16 Å². The molecule has 0 bridgehead atoms. The summed E-state index contributed by atoms with van der Waals surface area (Å²) in [6, 6.07) is 7.88. The summed E-state index contributed by atoms with van der Waals surface area (Å²) in [7, 11) is 0. The molecule has 0 saturated carbocycles. The van der Waals surface area contributed by atoms with Crippen molar-refractivity contribution in [1.82, 2.24) is 20.3 Å². The van der Waals surface area contributed by atoms with E-state index in [1.807, 2.05) is 0 Å². The van der Waals surface area contributed by atoms with Gasteiger partial charge >= 0.3 is 0 Å². The summed E-state index contributed by atoms with van der Waals surface area (Å²) in [5.74, 6) is 0.665. The van der Waals surface area contributed by atoms with Gasteiger partial charge in [0, 0.05) is 5.56 Å². The maximum atomic E-state index is 12.8. The van der Waals surface area contributed by atoms with Gasteiger partial charge in [0.2, 0.25) is 0 Å². The number of aromatic nitrogens is 4. The molecular weight excluding hydrogens is 235 g/mol. The van der Waals surface area contributed by atoms with Crippen LogP contribution < -0.4 is 0 Å².